The van der Waals surface area contributed by atoms with Gasteiger partial charge in [-0.15, -0.1) is 0 Å². The van der Waals surface area contributed by atoms with E-state index in [-0.39, 0.29) is 5.02 Å². The Morgan fingerprint density at radius 2 is 2.23 bits per heavy atom. The maximum Gasteiger partial charge on any atom is 0.317 e. The minimum atomic E-state index is -1.20. The highest BCUT2D eigenvalue weighted by atomic mass is 16.9. The number of nitrogens with zero attached hydrogens (tertiary/aromatic N) is 3. The zero-order chi connectivity index (χ0) is 9.68. The van der Waals surface area contributed by atoms with E-state index in [1.54, 1.807) is 5.01 Å². The van der Waals surface area contributed by atoms with Crippen LogP contribution in [0.1, 0.15) is 12.8 Å². The van der Waals surface area contributed by atoms with Gasteiger partial charge in [0.2, 0.25) is 0 Å². The van der Waals surface area contributed by atoms with E-state index in [9.17, 15) is 10.0 Å². The smallest absolute Gasteiger partial charge is 0.317 e. The molecule has 7 heteroatoms. The summed E-state index contributed by atoms with van der Waals surface area (Å²) in [6.07, 6.45) is 1.99. The molecule has 1 N–H and O–H groups in total. The normalized spacial score (nSPS) is 17.5. The molecule has 1 aliphatic heterocycles. The molecule has 0 atom stereocenters. The van der Waals surface area contributed by atoms with Crippen molar-refractivity contribution in [3.05, 3.63) is 5.21 Å². The Bertz CT molecular complexity index is 212. The summed E-state index contributed by atoms with van der Waals surface area (Å²) in [6.45, 7) is 0.769. The van der Waals surface area contributed by atoms with Crippen LogP contribution in [0, 0.1) is 5.21 Å². The zero-order valence-electron chi connectivity index (χ0n) is 7.05. The van der Waals surface area contributed by atoms with Crippen molar-refractivity contribution >= 4 is 5.97 Å². The van der Waals surface area contributed by atoms with E-state index in [2.05, 4.69) is 10.1 Å². The Morgan fingerprint density at radius 1 is 1.62 bits per heavy atom. The van der Waals surface area contributed by atoms with Crippen molar-refractivity contribution in [1.82, 2.24) is 5.01 Å². The molecule has 0 bridgehead atoms. The van der Waals surface area contributed by atoms with Gasteiger partial charge >= 0.3 is 5.97 Å². The Hall–Kier alpha value is -1.53. The van der Waals surface area contributed by atoms with Gasteiger partial charge in [-0.3, -0.25) is 4.79 Å². The summed E-state index contributed by atoms with van der Waals surface area (Å²) >= 11 is 0. The fraction of sp³-hybridized carbons (Fsp3) is 0.833. The van der Waals surface area contributed by atoms with Crippen LogP contribution >= 0.6 is 0 Å². The number of carboxylic acids is 1. The van der Waals surface area contributed by atoms with Crippen LogP contribution in [0.2, 0.25) is 0 Å². The van der Waals surface area contributed by atoms with Crippen molar-refractivity contribution in [3.63, 3.8) is 0 Å². The van der Waals surface area contributed by atoms with Crippen LogP contribution in [0.4, 0.5) is 0 Å². The molecule has 0 aromatic rings. The lowest BCUT2D eigenvalue weighted by molar-refractivity contribution is -0.795. The van der Waals surface area contributed by atoms with E-state index in [1.165, 1.54) is 0 Å². The lowest BCUT2D eigenvalue weighted by Crippen LogP contribution is -2.18. The van der Waals surface area contributed by atoms with Crippen LogP contribution in [-0.4, -0.2) is 40.8 Å². The number of carbonyl (C=O) groups is 1. The van der Waals surface area contributed by atoms with Crippen LogP contribution in [0.25, 0.3) is 0 Å². The van der Waals surface area contributed by atoms with E-state index < -0.39 is 12.6 Å². The molecular formula is C6H11N3O4. The van der Waals surface area contributed by atoms with E-state index in [4.69, 9.17) is 5.11 Å². The fourth-order valence-corrected chi connectivity index (χ4v) is 1.03. The molecule has 1 heterocycles. The SMILES string of the molecule is O=C(O)CO/[N+]([O-])=N/N1CCCC1. The number of aliphatic carboxylic acids is 1. The third-order valence-electron chi connectivity index (χ3n) is 1.58. The summed E-state index contributed by atoms with van der Waals surface area (Å²) in [6, 6.07) is 0. The van der Waals surface area contributed by atoms with Gasteiger partial charge in [-0.25, -0.2) is 0 Å². The number of hydrogen-bond donors (Lipinski definition) is 1. The first-order valence-electron chi connectivity index (χ1n) is 3.97. The molecule has 74 valence electrons. The highest BCUT2D eigenvalue weighted by Gasteiger charge is 2.16. The molecule has 0 spiro atoms. The maximum atomic E-state index is 10.7. The van der Waals surface area contributed by atoms with E-state index in [0.717, 1.165) is 25.9 Å². The van der Waals surface area contributed by atoms with Crippen LogP contribution < -0.4 is 0 Å². The molecular weight excluding hydrogens is 178 g/mol. The predicted molar refractivity (Wildman–Crippen MR) is 40.5 cm³/mol. The topological polar surface area (TPSA) is 88.2 Å². The first-order chi connectivity index (χ1) is 6.18. The van der Waals surface area contributed by atoms with Crippen LogP contribution in [-0.2, 0) is 9.63 Å². The van der Waals surface area contributed by atoms with Crippen molar-refractivity contribution < 1.29 is 19.8 Å². The molecule has 1 rings (SSSR count). The van der Waals surface area contributed by atoms with Crippen molar-refractivity contribution in [2.45, 2.75) is 12.8 Å². The summed E-state index contributed by atoms with van der Waals surface area (Å²) in [7, 11) is 0. The van der Waals surface area contributed by atoms with Gasteiger partial charge in [0.25, 0.3) is 0 Å². The van der Waals surface area contributed by atoms with Crippen molar-refractivity contribution in [1.29, 1.82) is 0 Å². The molecule has 0 saturated carbocycles. The molecule has 7 nitrogen and oxygen atoms in total. The second-order valence-electron chi connectivity index (χ2n) is 2.66. The average molecular weight is 189 g/mol. The Balaban J connectivity index is 2.27. The fourth-order valence-electron chi connectivity index (χ4n) is 1.03. The highest BCUT2D eigenvalue weighted by molar-refractivity contribution is 5.67. The monoisotopic (exact) mass is 189 g/mol. The largest absolute Gasteiger partial charge is 0.480 e. The molecule has 0 aromatic heterocycles. The molecule has 13 heavy (non-hydrogen) atoms. The average Bonchev–Trinajstić information content (AvgIpc) is 2.53. The maximum absolute atomic E-state index is 10.7. The molecule has 0 amide bonds. The molecule has 0 radical (unpaired) electrons. The molecule has 1 fully saturated rings. The van der Waals surface area contributed by atoms with Gasteiger partial charge in [0, 0.05) is 0 Å². The van der Waals surface area contributed by atoms with Gasteiger partial charge in [-0.05, 0) is 12.8 Å². The van der Waals surface area contributed by atoms with E-state index in [1.807, 2.05) is 0 Å². The molecule has 1 aliphatic rings. The second-order valence-corrected chi connectivity index (χ2v) is 2.66. The van der Waals surface area contributed by atoms with Gasteiger partial charge in [0.15, 0.2) is 0 Å². The van der Waals surface area contributed by atoms with Gasteiger partial charge in [-0.2, -0.15) is 5.01 Å². The zero-order valence-corrected chi connectivity index (χ0v) is 7.05. The Morgan fingerprint density at radius 3 is 2.77 bits per heavy atom. The summed E-state index contributed by atoms with van der Waals surface area (Å²) in [5.74, 6) is -1.20. The minimum Gasteiger partial charge on any atom is -0.480 e. The van der Waals surface area contributed by atoms with Crippen molar-refractivity contribution in [2.24, 2.45) is 5.22 Å². The van der Waals surface area contributed by atoms with Crippen molar-refractivity contribution in [3.8, 4) is 0 Å². The Kier molecular flexibility index (Phi) is 3.30. The van der Waals surface area contributed by atoms with Crippen LogP contribution in [0.5, 0.6) is 0 Å². The number of carboxylic acid groups (broad SMARTS) is 1. The second kappa shape index (κ2) is 4.48. The third kappa shape index (κ3) is 3.59. The number of hydrogen-bond acceptors (Lipinski definition) is 4. The minimum absolute atomic E-state index is 0.0561. The standard InChI is InChI=1S/C6H11N3O4/c10-6(11)5-13-9(12)7-8-3-1-2-4-8/h1-5H2,(H,10,11)/b9-7+. The van der Waals surface area contributed by atoms with Crippen LogP contribution in [0.3, 0.4) is 0 Å². The molecule has 0 aliphatic carbocycles. The molecule has 0 aromatic carbocycles. The summed E-state index contributed by atoms with van der Waals surface area (Å²) in [5.41, 5.74) is 0. The van der Waals surface area contributed by atoms with Gasteiger partial charge < -0.3 is 15.2 Å². The highest BCUT2D eigenvalue weighted by Crippen LogP contribution is 2.07. The lowest BCUT2D eigenvalue weighted by Gasteiger charge is -2.06. The van der Waals surface area contributed by atoms with Crippen LogP contribution in [0.15, 0.2) is 5.22 Å². The van der Waals surface area contributed by atoms with E-state index >= 15 is 0 Å². The summed E-state index contributed by atoms with van der Waals surface area (Å²) < 4.78 is 0. The van der Waals surface area contributed by atoms with Gasteiger partial charge in [0.1, 0.15) is 24.9 Å². The number of rotatable bonds is 4. The summed E-state index contributed by atoms with van der Waals surface area (Å²) in [4.78, 5) is 14.2. The first-order valence-corrected chi connectivity index (χ1v) is 3.97. The molecule has 1 saturated heterocycles. The van der Waals surface area contributed by atoms with Gasteiger partial charge in [-0.1, -0.05) is 0 Å². The Labute approximate surface area is 74.7 Å². The molecule has 0 unspecified atom stereocenters. The summed E-state index contributed by atoms with van der Waals surface area (Å²) in [5, 5.41) is 23.9. The lowest BCUT2D eigenvalue weighted by atomic mass is 10.4. The van der Waals surface area contributed by atoms with E-state index in [0.29, 0.717) is 0 Å². The van der Waals surface area contributed by atoms with Crippen molar-refractivity contribution in [2.75, 3.05) is 19.7 Å². The quantitative estimate of drug-likeness (QED) is 0.495. The first kappa shape index (κ1) is 9.56. The predicted octanol–water partition coefficient (Wildman–Crippen LogP) is -0.0241. The van der Waals surface area contributed by atoms with Gasteiger partial charge in [0.05, 0.1) is 5.02 Å². The third-order valence-corrected chi connectivity index (χ3v) is 1.58.